The van der Waals surface area contributed by atoms with E-state index < -0.39 is 24.0 Å². The van der Waals surface area contributed by atoms with Crippen molar-refractivity contribution in [2.45, 2.75) is 32.6 Å². The van der Waals surface area contributed by atoms with Crippen LogP contribution in [0.4, 0.5) is 0 Å². The number of Topliss-reactive ketones (excluding diaryl/α,β-unsaturated/α-hetero) is 2. The summed E-state index contributed by atoms with van der Waals surface area (Å²) in [6.45, 7) is 6.12. The second-order valence-electron chi connectivity index (χ2n) is 5.15. The number of benzene rings is 1. The molecule has 0 amide bonds. The molecule has 0 aliphatic carbocycles. The van der Waals surface area contributed by atoms with Gasteiger partial charge in [0, 0.05) is 5.56 Å². The van der Waals surface area contributed by atoms with Gasteiger partial charge in [-0.3, -0.25) is 14.4 Å². The SMILES string of the molecule is CC(C)(C)c1ccc(C(=O)C(=O)CC(=O)O)cc1. The lowest BCUT2D eigenvalue weighted by Gasteiger charge is -2.18. The maximum absolute atomic E-state index is 11.6. The summed E-state index contributed by atoms with van der Waals surface area (Å²) in [7, 11) is 0. The van der Waals surface area contributed by atoms with E-state index in [-0.39, 0.29) is 11.0 Å². The van der Waals surface area contributed by atoms with Crippen molar-refractivity contribution < 1.29 is 19.5 Å². The second-order valence-corrected chi connectivity index (χ2v) is 5.15. The van der Waals surface area contributed by atoms with Crippen LogP contribution in [0.3, 0.4) is 0 Å². The van der Waals surface area contributed by atoms with Gasteiger partial charge in [0.25, 0.3) is 0 Å². The quantitative estimate of drug-likeness (QED) is 0.503. The Morgan fingerprint density at radius 3 is 1.94 bits per heavy atom. The Morgan fingerprint density at radius 2 is 1.56 bits per heavy atom. The van der Waals surface area contributed by atoms with Gasteiger partial charge in [-0.15, -0.1) is 0 Å². The molecule has 0 spiro atoms. The fourth-order valence-corrected chi connectivity index (χ4v) is 1.50. The van der Waals surface area contributed by atoms with Crippen LogP contribution in [-0.4, -0.2) is 22.6 Å². The number of carboxylic acids is 1. The molecule has 0 bridgehead atoms. The number of hydrogen-bond donors (Lipinski definition) is 1. The average Bonchev–Trinajstić information content (AvgIpc) is 2.26. The minimum Gasteiger partial charge on any atom is -0.481 e. The summed E-state index contributed by atoms with van der Waals surface area (Å²) in [5.74, 6) is -2.94. The third-order valence-corrected chi connectivity index (χ3v) is 2.58. The van der Waals surface area contributed by atoms with Crippen molar-refractivity contribution in [1.29, 1.82) is 0 Å². The first-order valence-corrected chi connectivity index (χ1v) is 5.61. The van der Waals surface area contributed by atoms with E-state index in [1.807, 2.05) is 20.8 Å². The molecule has 1 aromatic carbocycles. The van der Waals surface area contributed by atoms with E-state index in [1.165, 1.54) is 0 Å². The van der Waals surface area contributed by atoms with Crippen LogP contribution in [0.25, 0.3) is 0 Å². The highest BCUT2D eigenvalue weighted by atomic mass is 16.4. The van der Waals surface area contributed by atoms with Crippen molar-refractivity contribution in [1.82, 2.24) is 0 Å². The Morgan fingerprint density at radius 1 is 1.06 bits per heavy atom. The molecule has 0 heterocycles. The average molecular weight is 248 g/mol. The topological polar surface area (TPSA) is 71.4 Å². The van der Waals surface area contributed by atoms with Crippen LogP contribution in [0.5, 0.6) is 0 Å². The van der Waals surface area contributed by atoms with Gasteiger partial charge in [-0.1, -0.05) is 45.0 Å². The van der Waals surface area contributed by atoms with E-state index in [0.29, 0.717) is 0 Å². The fraction of sp³-hybridized carbons (Fsp3) is 0.357. The molecule has 96 valence electrons. The Kier molecular flexibility index (Phi) is 4.01. The van der Waals surface area contributed by atoms with E-state index >= 15 is 0 Å². The number of ketones is 2. The molecule has 0 fully saturated rings. The molecule has 0 unspecified atom stereocenters. The Balaban J connectivity index is 2.89. The zero-order valence-corrected chi connectivity index (χ0v) is 10.7. The molecule has 1 aromatic rings. The van der Waals surface area contributed by atoms with Crippen molar-refractivity contribution in [3.63, 3.8) is 0 Å². The molecule has 18 heavy (non-hydrogen) atoms. The Hall–Kier alpha value is -1.97. The number of rotatable bonds is 4. The summed E-state index contributed by atoms with van der Waals surface area (Å²) in [5, 5.41) is 8.46. The molecule has 0 atom stereocenters. The van der Waals surface area contributed by atoms with E-state index in [1.54, 1.807) is 24.3 Å². The predicted octanol–water partition coefficient (Wildman–Crippen LogP) is 2.21. The van der Waals surface area contributed by atoms with Crippen LogP contribution in [0, 0.1) is 0 Å². The summed E-state index contributed by atoms with van der Waals surface area (Å²) < 4.78 is 0. The van der Waals surface area contributed by atoms with Crippen LogP contribution in [0.2, 0.25) is 0 Å². The predicted molar refractivity (Wildman–Crippen MR) is 66.7 cm³/mol. The Labute approximate surface area is 106 Å². The monoisotopic (exact) mass is 248 g/mol. The maximum atomic E-state index is 11.6. The molecule has 4 nitrogen and oxygen atoms in total. The van der Waals surface area contributed by atoms with Gasteiger partial charge in [-0.2, -0.15) is 0 Å². The third kappa shape index (κ3) is 3.52. The number of carbonyl (C=O) groups excluding carboxylic acids is 2. The molecular weight excluding hydrogens is 232 g/mol. The lowest BCUT2D eigenvalue weighted by atomic mass is 9.86. The van der Waals surface area contributed by atoms with Crippen LogP contribution in [-0.2, 0) is 15.0 Å². The van der Waals surface area contributed by atoms with Crippen molar-refractivity contribution in [3.05, 3.63) is 35.4 Å². The normalized spacial score (nSPS) is 11.1. The van der Waals surface area contributed by atoms with Crippen molar-refractivity contribution in [2.24, 2.45) is 0 Å². The van der Waals surface area contributed by atoms with Gasteiger partial charge in [0.05, 0.1) is 0 Å². The molecule has 0 aliphatic heterocycles. The molecule has 0 saturated carbocycles. The van der Waals surface area contributed by atoms with Gasteiger partial charge in [0.1, 0.15) is 6.42 Å². The summed E-state index contributed by atoms with van der Waals surface area (Å²) in [5.41, 5.74) is 1.24. The smallest absolute Gasteiger partial charge is 0.311 e. The highest BCUT2D eigenvalue weighted by Gasteiger charge is 2.20. The molecule has 1 N–H and O–H groups in total. The van der Waals surface area contributed by atoms with Crippen LogP contribution in [0.1, 0.15) is 43.1 Å². The van der Waals surface area contributed by atoms with Crippen molar-refractivity contribution >= 4 is 17.5 Å². The van der Waals surface area contributed by atoms with Crippen LogP contribution >= 0.6 is 0 Å². The zero-order chi connectivity index (χ0) is 13.9. The number of hydrogen-bond acceptors (Lipinski definition) is 3. The largest absolute Gasteiger partial charge is 0.481 e. The fourth-order valence-electron chi connectivity index (χ4n) is 1.50. The van der Waals surface area contributed by atoms with E-state index in [9.17, 15) is 14.4 Å². The number of carbonyl (C=O) groups is 3. The van der Waals surface area contributed by atoms with Crippen molar-refractivity contribution in [2.75, 3.05) is 0 Å². The summed E-state index contributed by atoms with van der Waals surface area (Å²) in [6, 6.07) is 6.67. The Bertz CT molecular complexity index is 478. The zero-order valence-electron chi connectivity index (χ0n) is 10.7. The molecule has 0 saturated heterocycles. The van der Waals surface area contributed by atoms with Gasteiger partial charge in [0.15, 0.2) is 0 Å². The maximum Gasteiger partial charge on any atom is 0.311 e. The molecule has 0 radical (unpaired) electrons. The van der Waals surface area contributed by atoms with Gasteiger partial charge in [0.2, 0.25) is 11.6 Å². The van der Waals surface area contributed by atoms with E-state index in [4.69, 9.17) is 5.11 Å². The first-order valence-electron chi connectivity index (χ1n) is 5.61. The standard InChI is InChI=1S/C14H16O4/c1-14(2,3)10-6-4-9(5-7-10)13(18)11(15)8-12(16)17/h4-7H,8H2,1-3H3,(H,16,17). The first-order chi connectivity index (χ1) is 8.21. The van der Waals surface area contributed by atoms with Crippen molar-refractivity contribution in [3.8, 4) is 0 Å². The lowest BCUT2D eigenvalue weighted by molar-refractivity contribution is -0.139. The molecule has 0 aliphatic rings. The van der Waals surface area contributed by atoms with Gasteiger partial charge in [-0.05, 0) is 11.0 Å². The number of aliphatic carboxylic acids is 1. The summed E-state index contributed by atoms with van der Waals surface area (Å²) in [6.07, 6.45) is -0.764. The molecule has 0 aromatic heterocycles. The number of carboxylic acid groups (broad SMARTS) is 1. The van der Waals surface area contributed by atoms with E-state index in [0.717, 1.165) is 5.56 Å². The molecule has 1 rings (SSSR count). The summed E-state index contributed by atoms with van der Waals surface area (Å²) in [4.78, 5) is 33.3. The third-order valence-electron chi connectivity index (χ3n) is 2.58. The van der Waals surface area contributed by atoms with Crippen LogP contribution in [0.15, 0.2) is 24.3 Å². The summed E-state index contributed by atoms with van der Waals surface area (Å²) >= 11 is 0. The van der Waals surface area contributed by atoms with Gasteiger partial charge < -0.3 is 5.11 Å². The molecule has 4 heteroatoms. The molecular formula is C14H16O4. The van der Waals surface area contributed by atoms with E-state index in [2.05, 4.69) is 0 Å². The highest BCUT2D eigenvalue weighted by Crippen LogP contribution is 2.22. The first kappa shape index (κ1) is 14.1. The minimum atomic E-state index is -1.29. The van der Waals surface area contributed by atoms with Crippen LogP contribution < -0.4 is 0 Å². The van der Waals surface area contributed by atoms with Gasteiger partial charge >= 0.3 is 5.97 Å². The second kappa shape index (κ2) is 5.12. The minimum absolute atomic E-state index is 0.0351. The highest BCUT2D eigenvalue weighted by molar-refractivity contribution is 6.45. The van der Waals surface area contributed by atoms with Gasteiger partial charge in [-0.25, -0.2) is 0 Å². The lowest BCUT2D eigenvalue weighted by Crippen LogP contribution is -2.18.